The first-order valence-electron chi connectivity index (χ1n) is 5.60. The standard InChI is InChI=1S/C11H15BrN2O2S/c12-10-4-8(7-17-10)5-13-11(15)14-6-9-2-1-3-16-9/h4,7,9H,1-3,5-6H2,(H2,13,14,15)/t9-/m0/s1. The van der Waals surface area contributed by atoms with Gasteiger partial charge >= 0.3 is 6.03 Å². The Hall–Kier alpha value is -0.590. The summed E-state index contributed by atoms with van der Waals surface area (Å²) < 4.78 is 6.50. The topological polar surface area (TPSA) is 50.4 Å². The van der Waals surface area contributed by atoms with E-state index in [2.05, 4.69) is 26.6 Å². The summed E-state index contributed by atoms with van der Waals surface area (Å²) >= 11 is 5.00. The van der Waals surface area contributed by atoms with Gasteiger partial charge in [-0.2, -0.15) is 0 Å². The molecule has 1 aliphatic rings. The predicted octanol–water partition coefficient (Wildman–Crippen LogP) is 2.49. The maximum atomic E-state index is 11.5. The highest BCUT2D eigenvalue weighted by Crippen LogP contribution is 2.20. The molecular formula is C11H15BrN2O2S. The van der Waals surface area contributed by atoms with Crippen LogP contribution in [0.15, 0.2) is 15.2 Å². The van der Waals surface area contributed by atoms with E-state index in [4.69, 9.17) is 4.74 Å². The van der Waals surface area contributed by atoms with Crippen molar-refractivity contribution in [2.75, 3.05) is 13.2 Å². The Bertz CT molecular complexity index is 377. The molecule has 1 fully saturated rings. The molecule has 2 heterocycles. The molecule has 2 N–H and O–H groups in total. The summed E-state index contributed by atoms with van der Waals surface area (Å²) in [5.74, 6) is 0. The fraction of sp³-hybridized carbons (Fsp3) is 0.545. The van der Waals surface area contributed by atoms with Gasteiger partial charge in [-0.15, -0.1) is 11.3 Å². The molecule has 1 aliphatic heterocycles. The fourth-order valence-corrected chi connectivity index (χ4v) is 2.90. The third-order valence-electron chi connectivity index (χ3n) is 2.59. The summed E-state index contributed by atoms with van der Waals surface area (Å²) in [6, 6.07) is 1.87. The first-order chi connectivity index (χ1) is 8.24. The van der Waals surface area contributed by atoms with Crippen LogP contribution < -0.4 is 10.6 Å². The van der Waals surface area contributed by atoms with E-state index in [-0.39, 0.29) is 12.1 Å². The molecule has 0 radical (unpaired) electrons. The second kappa shape index (κ2) is 6.37. The maximum absolute atomic E-state index is 11.5. The van der Waals surface area contributed by atoms with E-state index in [9.17, 15) is 4.79 Å². The SMILES string of the molecule is O=C(NCc1csc(Br)c1)NC[C@@H]1CCCO1. The van der Waals surface area contributed by atoms with Crippen LogP contribution in [0.1, 0.15) is 18.4 Å². The number of carbonyl (C=O) groups excluding carboxylic acids is 1. The molecule has 0 spiro atoms. The van der Waals surface area contributed by atoms with Crippen LogP contribution in [0.25, 0.3) is 0 Å². The first-order valence-corrected chi connectivity index (χ1v) is 7.27. The number of urea groups is 1. The van der Waals surface area contributed by atoms with Crippen LogP contribution in [0.3, 0.4) is 0 Å². The summed E-state index contributed by atoms with van der Waals surface area (Å²) in [6.07, 6.45) is 2.32. The lowest BCUT2D eigenvalue weighted by molar-refractivity contribution is 0.111. The lowest BCUT2D eigenvalue weighted by Gasteiger charge is -2.11. The second-order valence-electron chi connectivity index (χ2n) is 3.96. The molecule has 94 valence electrons. The van der Waals surface area contributed by atoms with Crippen molar-refractivity contribution in [2.24, 2.45) is 0 Å². The third kappa shape index (κ3) is 4.29. The Morgan fingerprint density at radius 3 is 3.12 bits per heavy atom. The van der Waals surface area contributed by atoms with Gasteiger partial charge in [-0.3, -0.25) is 0 Å². The summed E-state index contributed by atoms with van der Waals surface area (Å²) in [5.41, 5.74) is 1.11. The molecule has 0 aliphatic carbocycles. The lowest BCUT2D eigenvalue weighted by Crippen LogP contribution is -2.39. The highest BCUT2D eigenvalue weighted by Gasteiger charge is 2.15. The minimum Gasteiger partial charge on any atom is -0.376 e. The molecule has 17 heavy (non-hydrogen) atoms. The summed E-state index contributed by atoms with van der Waals surface area (Å²) in [7, 11) is 0. The van der Waals surface area contributed by atoms with E-state index in [0.717, 1.165) is 28.8 Å². The molecule has 0 unspecified atom stereocenters. The van der Waals surface area contributed by atoms with E-state index < -0.39 is 0 Å². The molecule has 0 aromatic carbocycles. The first kappa shape index (κ1) is 12.9. The molecule has 1 atom stereocenters. The number of halogens is 1. The van der Waals surface area contributed by atoms with Crippen LogP contribution in [0.4, 0.5) is 4.79 Å². The van der Waals surface area contributed by atoms with Crippen molar-refractivity contribution in [3.8, 4) is 0 Å². The number of amides is 2. The van der Waals surface area contributed by atoms with Gasteiger partial charge < -0.3 is 15.4 Å². The van der Waals surface area contributed by atoms with Gasteiger partial charge in [0.05, 0.1) is 9.89 Å². The van der Waals surface area contributed by atoms with Crippen LogP contribution in [-0.4, -0.2) is 25.3 Å². The Morgan fingerprint density at radius 2 is 2.47 bits per heavy atom. The minimum atomic E-state index is -0.136. The van der Waals surface area contributed by atoms with Gasteiger partial charge in [0, 0.05) is 19.7 Å². The molecule has 1 aromatic heterocycles. The molecule has 2 amide bonds. The van der Waals surface area contributed by atoms with Crippen molar-refractivity contribution in [2.45, 2.75) is 25.5 Å². The zero-order valence-corrected chi connectivity index (χ0v) is 11.8. The minimum absolute atomic E-state index is 0.136. The monoisotopic (exact) mass is 318 g/mol. The zero-order valence-electron chi connectivity index (χ0n) is 9.37. The van der Waals surface area contributed by atoms with Gasteiger partial charge in [0.15, 0.2) is 0 Å². The molecule has 0 bridgehead atoms. The van der Waals surface area contributed by atoms with Crippen LogP contribution in [0, 0.1) is 0 Å². The predicted molar refractivity (Wildman–Crippen MR) is 71.2 cm³/mol. The number of rotatable bonds is 4. The van der Waals surface area contributed by atoms with Crippen LogP contribution in [0.2, 0.25) is 0 Å². The van der Waals surface area contributed by atoms with Crippen molar-refractivity contribution in [1.29, 1.82) is 0 Å². The van der Waals surface area contributed by atoms with Crippen molar-refractivity contribution >= 4 is 33.3 Å². The van der Waals surface area contributed by atoms with Crippen molar-refractivity contribution < 1.29 is 9.53 Å². The highest BCUT2D eigenvalue weighted by molar-refractivity contribution is 9.11. The maximum Gasteiger partial charge on any atom is 0.315 e. The summed E-state index contributed by atoms with van der Waals surface area (Å²) in [5, 5.41) is 7.65. The average molecular weight is 319 g/mol. The largest absolute Gasteiger partial charge is 0.376 e. The molecule has 2 rings (SSSR count). The second-order valence-corrected chi connectivity index (χ2v) is 6.25. The van der Waals surface area contributed by atoms with Crippen LogP contribution in [-0.2, 0) is 11.3 Å². The summed E-state index contributed by atoms with van der Waals surface area (Å²) in [4.78, 5) is 11.5. The van der Waals surface area contributed by atoms with E-state index >= 15 is 0 Å². The summed E-state index contributed by atoms with van der Waals surface area (Å²) in [6.45, 7) is 1.97. The van der Waals surface area contributed by atoms with Gasteiger partial charge in [0.1, 0.15) is 0 Å². The van der Waals surface area contributed by atoms with E-state index in [0.29, 0.717) is 13.1 Å². The molecule has 1 aromatic rings. The van der Waals surface area contributed by atoms with Crippen molar-refractivity contribution in [1.82, 2.24) is 10.6 Å². The Labute approximate surface area is 113 Å². The van der Waals surface area contributed by atoms with E-state index in [1.165, 1.54) is 0 Å². The molecule has 1 saturated heterocycles. The molecule has 6 heteroatoms. The number of nitrogens with one attached hydrogen (secondary N) is 2. The molecule has 4 nitrogen and oxygen atoms in total. The fourth-order valence-electron chi connectivity index (χ4n) is 1.70. The Balaban J connectivity index is 1.63. The highest BCUT2D eigenvalue weighted by atomic mass is 79.9. The normalized spacial score (nSPS) is 19.2. The average Bonchev–Trinajstić information content (AvgIpc) is 2.95. The number of carbonyl (C=O) groups is 1. The number of thiophene rings is 1. The zero-order chi connectivity index (χ0) is 12.1. The number of hydrogen-bond donors (Lipinski definition) is 2. The third-order valence-corrected chi connectivity index (χ3v) is 4.14. The Morgan fingerprint density at radius 1 is 1.59 bits per heavy atom. The van der Waals surface area contributed by atoms with Crippen molar-refractivity contribution in [3.63, 3.8) is 0 Å². The number of ether oxygens (including phenoxy) is 1. The quantitative estimate of drug-likeness (QED) is 0.896. The smallest absolute Gasteiger partial charge is 0.315 e. The van der Waals surface area contributed by atoms with Crippen molar-refractivity contribution in [3.05, 3.63) is 20.8 Å². The van der Waals surface area contributed by atoms with Gasteiger partial charge in [-0.25, -0.2) is 4.79 Å². The van der Waals surface area contributed by atoms with Gasteiger partial charge in [-0.05, 0) is 45.8 Å². The number of hydrogen-bond acceptors (Lipinski definition) is 3. The lowest BCUT2D eigenvalue weighted by atomic mass is 10.2. The van der Waals surface area contributed by atoms with Gasteiger partial charge in [0.25, 0.3) is 0 Å². The van der Waals surface area contributed by atoms with Gasteiger partial charge in [0.2, 0.25) is 0 Å². The van der Waals surface area contributed by atoms with E-state index in [1.807, 2.05) is 11.4 Å². The molecule has 0 saturated carbocycles. The Kier molecular flexibility index (Phi) is 4.82. The van der Waals surface area contributed by atoms with E-state index in [1.54, 1.807) is 11.3 Å². The molecular weight excluding hydrogens is 304 g/mol. The van der Waals surface area contributed by atoms with Crippen LogP contribution in [0.5, 0.6) is 0 Å². The van der Waals surface area contributed by atoms with Crippen LogP contribution >= 0.6 is 27.3 Å². The van der Waals surface area contributed by atoms with Gasteiger partial charge in [-0.1, -0.05) is 0 Å².